The smallest absolute Gasteiger partial charge is 0.387 e. The third-order valence-corrected chi connectivity index (χ3v) is 4.05. The van der Waals surface area contributed by atoms with E-state index in [9.17, 15) is 23.2 Å². The largest absolute Gasteiger partial charge is 0.493 e. The molecule has 0 saturated heterocycles. The molecular formula is C18H15F2NO6S. The van der Waals surface area contributed by atoms with Crippen molar-refractivity contribution < 1.29 is 37.4 Å². The minimum Gasteiger partial charge on any atom is -0.493 e. The fraction of sp³-hybridized carbons (Fsp3) is 0.167. The number of ether oxygens (including phenoxy) is 3. The van der Waals surface area contributed by atoms with Crippen LogP contribution >= 0.6 is 11.3 Å². The number of hydrogen-bond donors (Lipinski definition) is 1. The summed E-state index contributed by atoms with van der Waals surface area (Å²) in [7, 11) is 1.28. The van der Waals surface area contributed by atoms with Gasteiger partial charge in [-0.25, -0.2) is 4.79 Å². The Hall–Kier alpha value is -3.27. The van der Waals surface area contributed by atoms with Gasteiger partial charge >= 0.3 is 12.6 Å². The molecule has 0 aliphatic carbocycles. The van der Waals surface area contributed by atoms with Crippen LogP contribution in [0.25, 0.3) is 6.08 Å². The van der Waals surface area contributed by atoms with Gasteiger partial charge in [0.15, 0.2) is 18.1 Å². The van der Waals surface area contributed by atoms with E-state index in [1.807, 2.05) is 0 Å². The van der Waals surface area contributed by atoms with Crippen LogP contribution < -0.4 is 14.8 Å². The number of hydrogen-bond acceptors (Lipinski definition) is 7. The molecule has 28 heavy (non-hydrogen) atoms. The molecular weight excluding hydrogens is 396 g/mol. The highest BCUT2D eigenvalue weighted by atomic mass is 32.1. The third-order valence-electron chi connectivity index (χ3n) is 3.18. The molecule has 0 fully saturated rings. The number of para-hydroxylation sites is 1. The summed E-state index contributed by atoms with van der Waals surface area (Å²) in [5.74, 6) is -2.50. The Kier molecular flexibility index (Phi) is 7.64. The van der Waals surface area contributed by atoms with Crippen LogP contribution in [0.3, 0.4) is 0 Å². The van der Waals surface area contributed by atoms with Crippen LogP contribution in [-0.2, 0) is 14.3 Å². The van der Waals surface area contributed by atoms with Gasteiger partial charge in [0, 0.05) is 11.6 Å². The second kappa shape index (κ2) is 10.2. The first kappa shape index (κ1) is 21.0. The van der Waals surface area contributed by atoms with Gasteiger partial charge in [-0.3, -0.25) is 14.9 Å². The van der Waals surface area contributed by atoms with Crippen LogP contribution in [0.15, 0.2) is 41.8 Å². The predicted molar refractivity (Wildman–Crippen MR) is 96.4 cm³/mol. The first-order chi connectivity index (χ1) is 13.4. The number of esters is 1. The van der Waals surface area contributed by atoms with Gasteiger partial charge in [0.2, 0.25) is 0 Å². The summed E-state index contributed by atoms with van der Waals surface area (Å²) in [5, 5.41) is 3.74. The Morgan fingerprint density at radius 2 is 2.00 bits per heavy atom. The molecule has 2 aromatic rings. The Morgan fingerprint density at radius 3 is 2.64 bits per heavy atom. The number of nitrogens with one attached hydrogen (secondary N) is 1. The maximum atomic E-state index is 12.6. The van der Waals surface area contributed by atoms with Crippen molar-refractivity contribution in [2.45, 2.75) is 6.61 Å². The van der Waals surface area contributed by atoms with Crippen LogP contribution in [0, 0.1) is 0 Å². The summed E-state index contributed by atoms with van der Waals surface area (Å²) < 4.78 is 39.2. The van der Waals surface area contributed by atoms with E-state index in [4.69, 9.17) is 9.47 Å². The summed E-state index contributed by atoms with van der Waals surface area (Å²) in [6.07, 6.45) is 2.11. The SMILES string of the molecule is COc1cccc(/C=C/C(=O)OCC(=O)NC(=O)c2cccs2)c1OC(F)F. The van der Waals surface area contributed by atoms with E-state index in [0.717, 1.165) is 17.4 Å². The number of alkyl halides is 2. The highest BCUT2D eigenvalue weighted by Gasteiger charge is 2.15. The molecule has 1 heterocycles. The molecule has 0 spiro atoms. The zero-order chi connectivity index (χ0) is 20.5. The van der Waals surface area contributed by atoms with Gasteiger partial charge in [0.05, 0.1) is 12.0 Å². The summed E-state index contributed by atoms with van der Waals surface area (Å²) in [6, 6.07) is 7.55. The normalized spacial score (nSPS) is 10.7. The first-order valence-corrected chi connectivity index (χ1v) is 8.63. The highest BCUT2D eigenvalue weighted by Crippen LogP contribution is 2.33. The molecule has 0 aliphatic rings. The average molecular weight is 411 g/mol. The molecule has 7 nitrogen and oxygen atoms in total. The molecule has 0 bridgehead atoms. The number of methoxy groups -OCH3 is 1. The Morgan fingerprint density at radius 1 is 1.21 bits per heavy atom. The van der Waals surface area contributed by atoms with E-state index < -0.39 is 31.0 Å². The lowest BCUT2D eigenvalue weighted by Crippen LogP contribution is -2.33. The summed E-state index contributed by atoms with van der Waals surface area (Å²) >= 11 is 1.15. The lowest BCUT2D eigenvalue weighted by atomic mass is 10.1. The molecule has 1 aromatic carbocycles. The van der Waals surface area contributed by atoms with Crippen LogP contribution in [0.4, 0.5) is 8.78 Å². The lowest BCUT2D eigenvalue weighted by Gasteiger charge is -2.12. The molecule has 148 valence electrons. The van der Waals surface area contributed by atoms with Crippen molar-refractivity contribution >= 4 is 35.2 Å². The molecule has 0 radical (unpaired) electrons. The Labute approximate surface area is 162 Å². The minimum absolute atomic E-state index is 0.0577. The summed E-state index contributed by atoms with van der Waals surface area (Å²) in [5.41, 5.74) is 0.147. The fourth-order valence-corrected chi connectivity index (χ4v) is 2.63. The third kappa shape index (κ3) is 6.16. The first-order valence-electron chi connectivity index (χ1n) is 7.75. The van der Waals surface area contributed by atoms with Crippen molar-refractivity contribution in [3.8, 4) is 11.5 Å². The van der Waals surface area contributed by atoms with Gasteiger partial charge in [-0.1, -0.05) is 18.2 Å². The van der Waals surface area contributed by atoms with E-state index in [1.54, 1.807) is 11.4 Å². The Balaban J connectivity index is 1.93. The highest BCUT2D eigenvalue weighted by molar-refractivity contribution is 7.12. The molecule has 0 aliphatic heterocycles. The Bertz CT molecular complexity index is 867. The number of benzene rings is 1. The maximum Gasteiger partial charge on any atom is 0.387 e. The lowest BCUT2D eigenvalue weighted by molar-refractivity contribution is -0.143. The number of carbonyl (C=O) groups excluding carboxylic acids is 3. The van der Waals surface area contributed by atoms with Crippen LogP contribution in [0.1, 0.15) is 15.2 Å². The van der Waals surface area contributed by atoms with Crippen molar-refractivity contribution in [2.75, 3.05) is 13.7 Å². The molecule has 1 N–H and O–H groups in total. The number of rotatable bonds is 8. The molecule has 10 heteroatoms. The van der Waals surface area contributed by atoms with Crippen molar-refractivity contribution in [1.29, 1.82) is 0 Å². The number of carbonyl (C=O) groups is 3. The van der Waals surface area contributed by atoms with E-state index in [1.165, 1.54) is 37.5 Å². The standard InChI is InChI=1S/C18H15F2NO6S/c1-25-12-5-2-4-11(16(12)27-18(19)20)7-8-15(23)26-10-14(22)21-17(24)13-6-3-9-28-13/h2-9,18H,10H2,1H3,(H,21,22,24)/b8-7+. The zero-order valence-corrected chi connectivity index (χ0v) is 15.3. The van der Waals surface area contributed by atoms with Gasteiger partial charge in [-0.05, 0) is 23.6 Å². The van der Waals surface area contributed by atoms with Crippen molar-refractivity contribution in [2.24, 2.45) is 0 Å². The van der Waals surface area contributed by atoms with Crippen LogP contribution in [0.5, 0.6) is 11.5 Å². The van der Waals surface area contributed by atoms with E-state index in [2.05, 4.69) is 10.1 Å². The van der Waals surface area contributed by atoms with Gasteiger partial charge in [-0.15, -0.1) is 11.3 Å². The molecule has 2 rings (SSSR count). The summed E-state index contributed by atoms with van der Waals surface area (Å²) in [4.78, 5) is 35.4. The average Bonchev–Trinajstić information content (AvgIpc) is 3.20. The van der Waals surface area contributed by atoms with E-state index in [0.29, 0.717) is 4.88 Å². The maximum absolute atomic E-state index is 12.6. The number of thiophene rings is 1. The molecule has 1 aromatic heterocycles. The van der Waals surface area contributed by atoms with Gasteiger partial charge in [-0.2, -0.15) is 8.78 Å². The van der Waals surface area contributed by atoms with Crippen molar-refractivity contribution in [3.05, 3.63) is 52.2 Å². The van der Waals surface area contributed by atoms with Gasteiger partial charge in [0.1, 0.15) is 0 Å². The monoisotopic (exact) mass is 411 g/mol. The van der Waals surface area contributed by atoms with E-state index in [-0.39, 0.29) is 17.1 Å². The van der Waals surface area contributed by atoms with Crippen molar-refractivity contribution in [1.82, 2.24) is 5.32 Å². The molecule has 0 saturated carbocycles. The zero-order valence-electron chi connectivity index (χ0n) is 14.5. The summed E-state index contributed by atoms with van der Waals surface area (Å²) in [6.45, 7) is -3.77. The van der Waals surface area contributed by atoms with Crippen LogP contribution in [0.2, 0.25) is 0 Å². The molecule has 2 amide bonds. The minimum atomic E-state index is -3.08. The quantitative estimate of drug-likeness (QED) is 0.531. The molecule has 0 atom stereocenters. The number of amides is 2. The van der Waals surface area contributed by atoms with Crippen LogP contribution in [-0.4, -0.2) is 38.1 Å². The topological polar surface area (TPSA) is 90.9 Å². The van der Waals surface area contributed by atoms with Crippen molar-refractivity contribution in [3.63, 3.8) is 0 Å². The second-order valence-electron chi connectivity index (χ2n) is 5.05. The predicted octanol–water partition coefficient (Wildman–Crippen LogP) is 2.87. The second-order valence-corrected chi connectivity index (χ2v) is 6.00. The van der Waals surface area contributed by atoms with Gasteiger partial charge in [0.25, 0.3) is 11.8 Å². The number of halogens is 2. The fourth-order valence-electron chi connectivity index (χ4n) is 2.01. The number of imide groups is 1. The van der Waals surface area contributed by atoms with E-state index >= 15 is 0 Å². The molecule has 0 unspecified atom stereocenters. The van der Waals surface area contributed by atoms with Gasteiger partial charge < -0.3 is 14.2 Å².